The number of rotatable bonds is 11. The third-order valence-corrected chi connectivity index (χ3v) is 7.95. The van der Waals surface area contributed by atoms with Crippen molar-refractivity contribution in [3.05, 3.63) is 59.7 Å². The van der Waals surface area contributed by atoms with Crippen LogP contribution in [0.1, 0.15) is 42.7 Å². The molecule has 0 aromatic heterocycles. The second-order valence-electron chi connectivity index (χ2n) is 10.6. The summed E-state index contributed by atoms with van der Waals surface area (Å²) in [5, 5.41) is 0. The highest BCUT2D eigenvalue weighted by Gasteiger charge is 2.38. The predicted molar refractivity (Wildman–Crippen MR) is 146 cm³/mol. The van der Waals surface area contributed by atoms with Crippen molar-refractivity contribution in [3.8, 4) is 5.75 Å². The predicted octanol–water partition coefficient (Wildman–Crippen LogP) is 4.64. The fourth-order valence-electron chi connectivity index (χ4n) is 5.96. The van der Waals surface area contributed by atoms with Crippen LogP contribution in [0, 0.1) is 11.8 Å². The molecule has 2 aromatic rings. The van der Waals surface area contributed by atoms with E-state index in [1.54, 1.807) is 14.2 Å². The van der Waals surface area contributed by atoms with Crippen LogP contribution in [-0.2, 0) is 16.1 Å². The van der Waals surface area contributed by atoms with Gasteiger partial charge in [0.25, 0.3) is 0 Å². The number of carbonyl (C=O) groups is 1. The van der Waals surface area contributed by atoms with E-state index >= 15 is 0 Å². The molecule has 0 spiro atoms. The van der Waals surface area contributed by atoms with Crippen LogP contribution >= 0.6 is 0 Å². The zero-order valence-corrected chi connectivity index (χ0v) is 22.5. The molecule has 2 fully saturated rings. The van der Waals surface area contributed by atoms with Gasteiger partial charge in [0.2, 0.25) is 5.91 Å². The summed E-state index contributed by atoms with van der Waals surface area (Å²) in [6.45, 7) is 4.82. The molecule has 2 aliphatic rings. The minimum atomic E-state index is 0.180. The number of hydrogen-bond donors (Lipinski definition) is 0. The summed E-state index contributed by atoms with van der Waals surface area (Å²) in [6, 6.07) is 17.2. The third-order valence-electron chi connectivity index (χ3n) is 7.95. The number of likely N-dealkylation sites (tertiary alicyclic amines) is 1. The molecule has 2 atom stereocenters. The van der Waals surface area contributed by atoms with E-state index in [2.05, 4.69) is 71.3 Å². The lowest BCUT2D eigenvalue weighted by Gasteiger charge is -2.30. The molecule has 0 N–H and O–H groups in total. The molecule has 1 saturated carbocycles. The average molecular weight is 494 g/mol. The number of benzene rings is 2. The van der Waals surface area contributed by atoms with Gasteiger partial charge >= 0.3 is 0 Å². The Morgan fingerprint density at radius 2 is 1.72 bits per heavy atom. The van der Waals surface area contributed by atoms with E-state index in [0.29, 0.717) is 30.9 Å². The Labute approximate surface area is 217 Å². The van der Waals surface area contributed by atoms with Crippen LogP contribution in [-0.4, -0.2) is 76.8 Å². The molecule has 2 unspecified atom stereocenters. The molecule has 1 aliphatic heterocycles. The molecule has 6 nitrogen and oxygen atoms in total. The normalized spacial score (nSPS) is 20.6. The van der Waals surface area contributed by atoms with Gasteiger partial charge in [-0.1, -0.05) is 43.2 Å². The quantitative estimate of drug-likeness (QED) is 0.456. The van der Waals surface area contributed by atoms with Crippen molar-refractivity contribution in [3.63, 3.8) is 0 Å². The van der Waals surface area contributed by atoms with Crippen LogP contribution in [0.25, 0.3) is 0 Å². The van der Waals surface area contributed by atoms with Crippen molar-refractivity contribution in [2.24, 2.45) is 11.8 Å². The molecule has 0 bridgehead atoms. The molecule has 36 heavy (non-hydrogen) atoms. The lowest BCUT2D eigenvalue weighted by Crippen LogP contribution is -2.42. The summed E-state index contributed by atoms with van der Waals surface area (Å²) in [5.41, 5.74) is 3.78. The highest BCUT2D eigenvalue weighted by molar-refractivity contribution is 5.79. The monoisotopic (exact) mass is 493 g/mol. The van der Waals surface area contributed by atoms with Crippen LogP contribution in [0.2, 0.25) is 0 Å². The van der Waals surface area contributed by atoms with Crippen LogP contribution in [0.15, 0.2) is 48.5 Å². The summed E-state index contributed by atoms with van der Waals surface area (Å²) in [6.07, 6.45) is 4.39. The molecule has 0 radical (unpaired) electrons. The Balaban J connectivity index is 1.55. The molecule has 1 amide bonds. The fraction of sp³-hybridized carbons (Fsp3) is 0.567. The van der Waals surface area contributed by atoms with E-state index in [4.69, 9.17) is 9.47 Å². The zero-order valence-electron chi connectivity index (χ0n) is 22.5. The van der Waals surface area contributed by atoms with Crippen molar-refractivity contribution in [1.29, 1.82) is 0 Å². The number of nitrogens with zero attached hydrogens (tertiary/aromatic N) is 3. The first kappa shape index (κ1) is 26.5. The Bertz CT molecular complexity index is 972. The molecule has 2 aromatic carbocycles. The number of ether oxygens (including phenoxy) is 2. The highest BCUT2D eigenvalue weighted by atomic mass is 16.5. The van der Waals surface area contributed by atoms with Crippen LogP contribution in [0.5, 0.6) is 5.75 Å². The van der Waals surface area contributed by atoms with Gasteiger partial charge in [-0.15, -0.1) is 0 Å². The SMILES string of the molecule is COCCN(CC1CN(Cc2ccc(N(C)C)cc2)CC1c1ccccc1OC)C(=O)C1CCCC1. The number of anilines is 1. The minimum Gasteiger partial charge on any atom is -0.496 e. The van der Waals surface area contributed by atoms with E-state index < -0.39 is 0 Å². The van der Waals surface area contributed by atoms with E-state index in [0.717, 1.165) is 44.8 Å². The molecule has 1 aliphatic carbocycles. The van der Waals surface area contributed by atoms with E-state index in [1.165, 1.54) is 29.7 Å². The lowest BCUT2D eigenvalue weighted by atomic mass is 9.87. The number of carbonyl (C=O) groups excluding carboxylic acids is 1. The molecule has 196 valence electrons. The summed E-state index contributed by atoms with van der Waals surface area (Å²) in [5.74, 6) is 2.09. The third kappa shape index (κ3) is 6.40. The topological polar surface area (TPSA) is 45.2 Å². The first-order chi connectivity index (χ1) is 17.5. The second-order valence-corrected chi connectivity index (χ2v) is 10.6. The van der Waals surface area contributed by atoms with Gasteiger partial charge in [-0.05, 0) is 48.1 Å². The van der Waals surface area contributed by atoms with Gasteiger partial charge < -0.3 is 19.3 Å². The Hall–Kier alpha value is -2.57. The van der Waals surface area contributed by atoms with Crippen LogP contribution in [0.4, 0.5) is 5.69 Å². The van der Waals surface area contributed by atoms with E-state index in [1.807, 2.05) is 6.07 Å². The molecular weight excluding hydrogens is 450 g/mol. The van der Waals surface area contributed by atoms with Crippen molar-refractivity contribution in [1.82, 2.24) is 9.80 Å². The molecule has 1 saturated heterocycles. The van der Waals surface area contributed by atoms with Gasteiger partial charge in [0, 0.05) is 71.5 Å². The summed E-state index contributed by atoms with van der Waals surface area (Å²) < 4.78 is 11.2. The number of para-hydroxylation sites is 1. The zero-order chi connectivity index (χ0) is 25.5. The number of hydrogen-bond acceptors (Lipinski definition) is 5. The largest absolute Gasteiger partial charge is 0.496 e. The Morgan fingerprint density at radius 1 is 1.00 bits per heavy atom. The van der Waals surface area contributed by atoms with Gasteiger partial charge in [0.05, 0.1) is 13.7 Å². The van der Waals surface area contributed by atoms with Crippen molar-refractivity contribution in [2.45, 2.75) is 38.1 Å². The highest BCUT2D eigenvalue weighted by Crippen LogP contribution is 2.39. The first-order valence-corrected chi connectivity index (χ1v) is 13.4. The van der Waals surface area contributed by atoms with Crippen molar-refractivity contribution in [2.75, 3.05) is 66.0 Å². The van der Waals surface area contributed by atoms with Gasteiger partial charge in [0.1, 0.15) is 5.75 Å². The Morgan fingerprint density at radius 3 is 2.39 bits per heavy atom. The maximum atomic E-state index is 13.5. The molecule has 6 heteroatoms. The van der Waals surface area contributed by atoms with Gasteiger partial charge in [-0.25, -0.2) is 0 Å². The number of amides is 1. The van der Waals surface area contributed by atoms with Crippen molar-refractivity contribution < 1.29 is 14.3 Å². The fourth-order valence-corrected chi connectivity index (χ4v) is 5.96. The maximum Gasteiger partial charge on any atom is 0.225 e. The first-order valence-electron chi connectivity index (χ1n) is 13.4. The lowest BCUT2D eigenvalue weighted by molar-refractivity contribution is -0.136. The number of methoxy groups -OCH3 is 2. The molecule has 4 rings (SSSR count). The minimum absolute atomic E-state index is 0.180. The standard InChI is InChI=1S/C30H43N3O3/c1-31(2)26-15-13-23(14-16-26)19-32-20-25(28(22-32)27-11-7-8-12-29(27)36-4)21-33(17-18-35-3)30(34)24-9-5-6-10-24/h7-8,11-16,24-25,28H,5-6,9-10,17-22H2,1-4H3. The summed E-state index contributed by atoms with van der Waals surface area (Å²) in [4.78, 5) is 20.3. The van der Waals surface area contributed by atoms with Gasteiger partial charge in [0.15, 0.2) is 0 Å². The van der Waals surface area contributed by atoms with Gasteiger partial charge in [-0.3, -0.25) is 9.69 Å². The summed E-state index contributed by atoms with van der Waals surface area (Å²) >= 11 is 0. The van der Waals surface area contributed by atoms with E-state index in [9.17, 15) is 4.79 Å². The van der Waals surface area contributed by atoms with Crippen LogP contribution in [0.3, 0.4) is 0 Å². The smallest absolute Gasteiger partial charge is 0.225 e. The maximum absolute atomic E-state index is 13.5. The Kier molecular flexibility index (Phi) is 9.27. The van der Waals surface area contributed by atoms with Crippen LogP contribution < -0.4 is 9.64 Å². The average Bonchev–Trinajstić information content (AvgIpc) is 3.57. The van der Waals surface area contributed by atoms with Gasteiger partial charge in [-0.2, -0.15) is 0 Å². The van der Waals surface area contributed by atoms with E-state index in [-0.39, 0.29) is 5.92 Å². The molecule has 1 heterocycles. The molecular formula is C30H43N3O3. The van der Waals surface area contributed by atoms with Crippen molar-refractivity contribution >= 4 is 11.6 Å². The second kappa shape index (κ2) is 12.6. The summed E-state index contributed by atoms with van der Waals surface area (Å²) in [7, 11) is 7.61.